The number of sulfone groups is 1. The zero-order valence-electron chi connectivity index (χ0n) is 17.4. The summed E-state index contributed by atoms with van der Waals surface area (Å²) in [6.45, 7) is 0. The highest BCUT2D eigenvalue weighted by Crippen LogP contribution is 2.44. The molecule has 0 amide bonds. The van der Waals surface area contributed by atoms with Gasteiger partial charge in [0, 0.05) is 15.7 Å². The molecule has 4 rings (SSSR count). The van der Waals surface area contributed by atoms with Gasteiger partial charge in [-0.3, -0.25) is 4.79 Å². The molecule has 168 valence electrons. The Morgan fingerprint density at radius 2 is 1.70 bits per heavy atom. The number of thiophene rings is 1. The maximum atomic E-state index is 13.6. The summed E-state index contributed by atoms with van der Waals surface area (Å²) >= 11 is 4.32. The van der Waals surface area contributed by atoms with Crippen molar-refractivity contribution >= 4 is 59.3 Å². The number of nitrogens with two attached hydrogens (primary N) is 1. The summed E-state index contributed by atoms with van der Waals surface area (Å²) in [5.41, 5.74) is 7.28. The van der Waals surface area contributed by atoms with Crippen LogP contribution >= 0.6 is 27.3 Å². The number of benzene rings is 3. The number of para-hydroxylation sites is 1. The maximum Gasteiger partial charge on any atom is 0.211 e. The average Bonchev–Trinajstić information content (AvgIpc) is 3.15. The summed E-state index contributed by atoms with van der Waals surface area (Å²) < 4.78 is 33.1. The Hall–Kier alpha value is -3.14. The third-order valence-electron chi connectivity index (χ3n) is 4.86. The fourth-order valence-corrected chi connectivity index (χ4v) is 6.42. The van der Waals surface area contributed by atoms with Crippen LogP contribution in [0.1, 0.15) is 15.2 Å². The monoisotopic (exact) mass is 542 g/mol. The van der Waals surface area contributed by atoms with Gasteiger partial charge in [0.1, 0.15) is 20.5 Å². The predicted octanol–water partition coefficient (Wildman–Crippen LogP) is 5.91. The quantitative estimate of drug-likeness (QED) is 0.281. The lowest BCUT2D eigenvalue weighted by Crippen LogP contribution is -2.08. The number of rotatable bonds is 7. The topological polar surface area (TPSA) is 98.5 Å². The van der Waals surface area contributed by atoms with Crippen LogP contribution in [0, 0.1) is 0 Å². The van der Waals surface area contributed by atoms with Crippen molar-refractivity contribution < 1.29 is 17.9 Å². The fourth-order valence-electron chi connectivity index (χ4n) is 3.23. The molecule has 0 atom stereocenters. The van der Waals surface area contributed by atoms with Crippen LogP contribution < -0.4 is 15.8 Å². The van der Waals surface area contributed by atoms with Crippen molar-refractivity contribution in [3.63, 3.8) is 0 Å². The standard InChI is InChI=1S/C24H19BrN2O4S2/c1-31-18-9-5-6-15(14-18)21(28)22-20(26)23(24(32-22)27-17-7-3-2-4-8-17)33(29,30)19-12-10-16(25)11-13-19/h2-14,27H,26H2,1H3. The third kappa shape index (κ3) is 4.66. The highest BCUT2D eigenvalue weighted by Gasteiger charge is 2.31. The number of ether oxygens (including phenoxy) is 1. The summed E-state index contributed by atoms with van der Waals surface area (Å²) in [4.78, 5) is 13.4. The van der Waals surface area contributed by atoms with Crippen molar-refractivity contribution in [3.8, 4) is 5.75 Å². The van der Waals surface area contributed by atoms with Gasteiger partial charge in [0.25, 0.3) is 0 Å². The van der Waals surface area contributed by atoms with Gasteiger partial charge in [0.05, 0.1) is 17.7 Å². The Kier molecular flexibility index (Phi) is 6.55. The molecule has 3 N–H and O–H groups in total. The SMILES string of the molecule is COc1cccc(C(=O)c2sc(Nc3ccccc3)c(S(=O)(=O)c3ccc(Br)cc3)c2N)c1. The second-order valence-electron chi connectivity index (χ2n) is 7.01. The first-order valence-corrected chi connectivity index (χ1v) is 12.8. The Morgan fingerprint density at radius 1 is 1.00 bits per heavy atom. The highest BCUT2D eigenvalue weighted by molar-refractivity contribution is 9.10. The summed E-state index contributed by atoms with van der Waals surface area (Å²) in [5.74, 6) is 0.131. The van der Waals surface area contributed by atoms with Crippen LogP contribution in [0.2, 0.25) is 0 Å². The number of nitrogens with one attached hydrogen (secondary N) is 1. The van der Waals surface area contributed by atoms with E-state index in [1.807, 2.05) is 18.2 Å². The Morgan fingerprint density at radius 3 is 2.36 bits per heavy atom. The maximum absolute atomic E-state index is 13.6. The Labute approximate surface area is 204 Å². The van der Waals surface area contributed by atoms with E-state index in [1.54, 1.807) is 48.5 Å². The predicted molar refractivity (Wildman–Crippen MR) is 134 cm³/mol. The molecule has 4 aromatic rings. The van der Waals surface area contributed by atoms with Crippen LogP contribution in [0.4, 0.5) is 16.4 Å². The molecule has 0 unspecified atom stereocenters. The minimum atomic E-state index is -4.02. The molecule has 0 saturated carbocycles. The van der Waals surface area contributed by atoms with Crippen LogP contribution in [0.3, 0.4) is 0 Å². The van der Waals surface area contributed by atoms with Crippen molar-refractivity contribution in [2.24, 2.45) is 0 Å². The van der Waals surface area contributed by atoms with E-state index in [0.717, 1.165) is 15.8 Å². The van der Waals surface area contributed by atoms with Gasteiger partial charge in [-0.1, -0.05) is 46.3 Å². The molecule has 0 bridgehead atoms. The molecular formula is C24H19BrN2O4S2. The molecular weight excluding hydrogens is 524 g/mol. The van der Waals surface area contributed by atoms with Crippen molar-refractivity contribution in [2.45, 2.75) is 9.79 Å². The van der Waals surface area contributed by atoms with Gasteiger partial charge < -0.3 is 15.8 Å². The first kappa shape index (κ1) is 23.0. The molecule has 0 aliphatic carbocycles. The largest absolute Gasteiger partial charge is 0.497 e. The molecule has 3 aromatic carbocycles. The summed E-state index contributed by atoms with van der Waals surface area (Å²) in [6, 6.07) is 22.0. The van der Waals surface area contributed by atoms with E-state index in [9.17, 15) is 13.2 Å². The van der Waals surface area contributed by atoms with Crippen molar-refractivity contribution in [2.75, 3.05) is 18.2 Å². The Bertz CT molecular complexity index is 1420. The van der Waals surface area contributed by atoms with Crippen LogP contribution in [-0.2, 0) is 9.84 Å². The minimum absolute atomic E-state index is 0.0756. The summed E-state index contributed by atoms with van der Waals surface area (Å²) in [6.07, 6.45) is 0. The van der Waals surface area contributed by atoms with Crippen molar-refractivity contribution in [3.05, 3.63) is 93.8 Å². The zero-order valence-corrected chi connectivity index (χ0v) is 20.6. The van der Waals surface area contributed by atoms with Crippen LogP contribution in [0.5, 0.6) is 5.75 Å². The van der Waals surface area contributed by atoms with Gasteiger partial charge in [-0.2, -0.15) is 0 Å². The first-order valence-electron chi connectivity index (χ1n) is 9.75. The van der Waals surface area contributed by atoms with Crippen LogP contribution in [0.25, 0.3) is 0 Å². The van der Waals surface area contributed by atoms with Gasteiger partial charge in [-0.15, -0.1) is 11.3 Å². The third-order valence-corrected chi connectivity index (χ3v) is 8.49. The molecule has 9 heteroatoms. The number of methoxy groups -OCH3 is 1. The second kappa shape index (κ2) is 9.38. The number of anilines is 3. The molecule has 0 aliphatic rings. The molecule has 0 spiro atoms. The molecule has 1 heterocycles. The number of carbonyl (C=O) groups excluding carboxylic acids is 1. The van der Waals surface area contributed by atoms with Gasteiger partial charge in [-0.25, -0.2) is 8.42 Å². The normalized spacial score (nSPS) is 11.2. The van der Waals surface area contributed by atoms with Crippen molar-refractivity contribution in [1.82, 2.24) is 0 Å². The summed E-state index contributed by atoms with van der Waals surface area (Å²) in [5, 5.41) is 3.39. The lowest BCUT2D eigenvalue weighted by molar-refractivity contribution is 0.104. The average molecular weight is 543 g/mol. The van der Waals surface area contributed by atoms with E-state index in [2.05, 4.69) is 21.2 Å². The van der Waals surface area contributed by atoms with Gasteiger partial charge in [0.15, 0.2) is 0 Å². The smallest absolute Gasteiger partial charge is 0.211 e. The zero-order chi connectivity index (χ0) is 23.6. The molecule has 33 heavy (non-hydrogen) atoms. The van der Waals surface area contributed by atoms with Gasteiger partial charge in [0.2, 0.25) is 15.6 Å². The lowest BCUT2D eigenvalue weighted by atomic mass is 10.1. The van der Waals surface area contributed by atoms with E-state index in [0.29, 0.717) is 17.0 Å². The first-order chi connectivity index (χ1) is 15.8. The molecule has 6 nitrogen and oxygen atoms in total. The Balaban J connectivity index is 1.87. The van der Waals surface area contributed by atoms with Crippen LogP contribution in [0.15, 0.2) is 93.1 Å². The highest BCUT2D eigenvalue weighted by atomic mass is 79.9. The van der Waals surface area contributed by atoms with Gasteiger partial charge in [-0.05, 0) is 48.5 Å². The number of nitrogen functional groups attached to an aromatic ring is 1. The molecule has 0 fully saturated rings. The number of carbonyl (C=O) groups is 1. The number of hydrogen-bond donors (Lipinski definition) is 2. The number of halogens is 1. The second-order valence-corrected chi connectivity index (χ2v) is 10.8. The van der Waals surface area contributed by atoms with Gasteiger partial charge >= 0.3 is 0 Å². The van der Waals surface area contributed by atoms with E-state index in [1.165, 1.54) is 19.2 Å². The van der Waals surface area contributed by atoms with E-state index >= 15 is 0 Å². The van der Waals surface area contributed by atoms with E-state index in [-0.39, 0.29) is 31.1 Å². The summed E-state index contributed by atoms with van der Waals surface area (Å²) in [7, 11) is -2.51. The van der Waals surface area contributed by atoms with Crippen LogP contribution in [-0.4, -0.2) is 21.3 Å². The molecule has 1 aromatic heterocycles. The van der Waals surface area contributed by atoms with Crippen molar-refractivity contribution in [1.29, 1.82) is 0 Å². The number of hydrogen-bond acceptors (Lipinski definition) is 7. The molecule has 0 aliphatic heterocycles. The molecule has 0 saturated heterocycles. The lowest BCUT2D eigenvalue weighted by Gasteiger charge is -2.10. The molecule has 0 radical (unpaired) electrons. The van der Waals surface area contributed by atoms with E-state index < -0.39 is 9.84 Å². The van der Waals surface area contributed by atoms with E-state index in [4.69, 9.17) is 10.5 Å². The fraction of sp³-hybridized carbons (Fsp3) is 0.0417. The number of ketones is 1. The minimum Gasteiger partial charge on any atom is -0.497 e.